The lowest BCUT2D eigenvalue weighted by atomic mass is 10.0. The molecule has 1 N–H and O–H groups in total. The van der Waals surface area contributed by atoms with Crippen molar-refractivity contribution in [3.8, 4) is 0 Å². The molecule has 0 spiro atoms. The monoisotopic (exact) mass is 277 g/mol. The number of aliphatic hydroxyl groups is 1. The summed E-state index contributed by atoms with van der Waals surface area (Å²) in [6, 6.07) is 8.11. The molecule has 1 saturated carbocycles. The largest absolute Gasteiger partial charge is 0.388 e. The molecule has 0 heterocycles. The molecule has 20 heavy (non-hydrogen) atoms. The summed E-state index contributed by atoms with van der Waals surface area (Å²) in [6.07, 6.45) is 3.09. The van der Waals surface area contributed by atoms with Crippen LogP contribution in [0.25, 0.3) is 0 Å². The van der Waals surface area contributed by atoms with Crippen molar-refractivity contribution in [1.29, 1.82) is 0 Å². The Hall–Kier alpha value is -0.900. The maximum atomic E-state index is 10.2. The van der Waals surface area contributed by atoms with Gasteiger partial charge in [0.15, 0.2) is 0 Å². The number of nitrogens with zero attached hydrogens (tertiary/aromatic N) is 1. The molecule has 112 valence electrons. The Labute approximate surface area is 122 Å². The van der Waals surface area contributed by atoms with Crippen LogP contribution in [0.15, 0.2) is 24.3 Å². The van der Waals surface area contributed by atoms with Crippen LogP contribution in [0.1, 0.15) is 36.5 Å². The standard InChI is InChI=1S/C17H27NO2/c1-14-4-3-5-16(12-14)17(19)8-9-18(2)10-11-20-13-15-6-7-15/h3-5,12,15,17,19H,6-11,13H2,1-2H3. The third-order valence-electron chi connectivity index (χ3n) is 3.88. The van der Waals surface area contributed by atoms with Crippen LogP contribution >= 0.6 is 0 Å². The van der Waals surface area contributed by atoms with E-state index >= 15 is 0 Å². The predicted molar refractivity (Wildman–Crippen MR) is 81.8 cm³/mol. The van der Waals surface area contributed by atoms with E-state index in [9.17, 15) is 5.11 Å². The molecule has 1 unspecified atom stereocenters. The summed E-state index contributed by atoms with van der Waals surface area (Å²) in [4.78, 5) is 2.23. The highest BCUT2D eigenvalue weighted by molar-refractivity contribution is 5.23. The van der Waals surface area contributed by atoms with E-state index < -0.39 is 0 Å². The van der Waals surface area contributed by atoms with Crippen LogP contribution in [0.4, 0.5) is 0 Å². The summed E-state index contributed by atoms with van der Waals surface area (Å²) in [5, 5.41) is 10.2. The highest BCUT2D eigenvalue weighted by Gasteiger charge is 2.20. The van der Waals surface area contributed by atoms with E-state index in [1.165, 1.54) is 18.4 Å². The van der Waals surface area contributed by atoms with E-state index in [4.69, 9.17) is 4.74 Å². The topological polar surface area (TPSA) is 32.7 Å². The average molecular weight is 277 g/mol. The first-order valence-electron chi connectivity index (χ1n) is 7.66. The van der Waals surface area contributed by atoms with Crippen molar-refractivity contribution in [3.63, 3.8) is 0 Å². The van der Waals surface area contributed by atoms with Crippen LogP contribution in [-0.2, 0) is 4.74 Å². The third kappa shape index (κ3) is 5.61. The summed E-state index contributed by atoms with van der Waals surface area (Å²) >= 11 is 0. The second-order valence-corrected chi connectivity index (χ2v) is 6.04. The van der Waals surface area contributed by atoms with E-state index in [-0.39, 0.29) is 6.10 Å². The Morgan fingerprint density at radius 1 is 1.35 bits per heavy atom. The summed E-state index contributed by atoms with van der Waals surface area (Å²) in [5.74, 6) is 0.837. The van der Waals surface area contributed by atoms with E-state index in [1.807, 2.05) is 12.1 Å². The SMILES string of the molecule is Cc1cccc(C(O)CCN(C)CCOCC2CC2)c1. The summed E-state index contributed by atoms with van der Waals surface area (Å²) in [7, 11) is 2.09. The fourth-order valence-corrected chi connectivity index (χ4v) is 2.25. The van der Waals surface area contributed by atoms with Gasteiger partial charge in [0.2, 0.25) is 0 Å². The number of hydrogen-bond donors (Lipinski definition) is 1. The van der Waals surface area contributed by atoms with Crippen molar-refractivity contribution in [2.45, 2.75) is 32.3 Å². The lowest BCUT2D eigenvalue weighted by molar-refractivity contribution is 0.0948. The first-order chi connectivity index (χ1) is 9.65. The number of aryl methyl sites for hydroxylation is 1. The molecule has 1 aliphatic carbocycles. The van der Waals surface area contributed by atoms with Gasteiger partial charge in [0.25, 0.3) is 0 Å². The van der Waals surface area contributed by atoms with Crippen LogP contribution in [0.5, 0.6) is 0 Å². The maximum absolute atomic E-state index is 10.2. The predicted octanol–water partition coefficient (Wildman–Crippen LogP) is 2.78. The summed E-state index contributed by atoms with van der Waals surface area (Å²) in [6.45, 7) is 5.61. The molecular weight excluding hydrogens is 250 g/mol. The minimum atomic E-state index is -0.371. The Morgan fingerprint density at radius 2 is 2.15 bits per heavy atom. The van der Waals surface area contributed by atoms with E-state index in [0.29, 0.717) is 0 Å². The molecule has 1 aromatic rings. The molecule has 0 aliphatic heterocycles. The highest BCUT2D eigenvalue weighted by Crippen LogP contribution is 2.28. The van der Waals surface area contributed by atoms with Gasteiger partial charge in [-0.3, -0.25) is 0 Å². The lowest BCUT2D eigenvalue weighted by Gasteiger charge is -2.19. The van der Waals surface area contributed by atoms with Gasteiger partial charge in [0, 0.05) is 19.7 Å². The van der Waals surface area contributed by atoms with Crippen LogP contribution in [0, 0.1) is 12.8 Å². The Morgan fingerprint density at radius 3 is 2.85 bits per heavy atom. The van der Waals surface area contributed by atoms with Crippen LogP contribution in [0.2, 0.25) is 0 Å². The van der Waals surface area contributed by atoms with Crippen molar-refractivity contribution < 1.29 is 9.84 Å². The van der Waals surface area contributed by atoms with Crippen LogP contribution < -0.4 is 0 Å². The van der Waals surface area contributed by atoms with Gasteiger partial charge in [-0.15, -0.1) is 0 Å². The quantitative estimate of drug-likeness (QED) is 0.705. The first-order valence-corrected chi connectivity index (χ1v) is 7.66. The van der Waals surface area contributed by atoms with Gasteiger partial charge in [-0.25, -0.2) is 0 Å². The zero-order chi connectivity index (χ0) is 14.4. The van der Waals surface area contributed by atoms with Crippen molar-refractivity contribution >= 4 is 0 Å². The van der Waals surface area contributed by atoms with Gasteiger partial charge in [0.05, 0.1) is 12.7 Å². The van der Waals surface area contributed by atoms with Gasteiger partial charge < -0.3 is 14.7 Å². The molecule has 3 nitrogen and oxygen atoms in total. The highest BCUT2D eigenvalue weighted by atomic mass is 16.5. The van der Waals surface area contributed by atoms with E-state index in [1.54, 1.807) is 0 Å². The molecule has 0 bridgehead atoms. The molecule has 1 fully saturated rings. The number of aliphatic hydroxyl groups excluding tert-OH is 1. The maximum Gasteiger partial charge on any atom is 0.0802 e. The molecule has 1 aliphatic rings. The molecule has 3 heteroatoms. The fourth-order valence-electron chi connectivity index (χ4n) is 2.25. The van der Waals surface area contributed by atoms with Crippen molar-refractivity contribution in [1.82, 2.24) is 4.90 Å². The lowest BCUT2D eigenvalue weighted by Crippen LogP contribution is -2.25. The number of rotatable bonds is 9. The van der Waals surface area contributed by atoms with Gasteiger partial charge in [-0.1, -0.05) is 29.8 Å². The zero-order valence-electron chi connectivity index (χ0n) is 12.7. The molecule has 1 aromatic carbocycles. The number of ether oxygens (including phenoxy) is 1. The number of likely N-dealkylation sites (N-methyl/N-ethyl adjacent to an activating group) is 1. The van der Waals surface area contributed by atoms with Gasteiger partial charge >= 0.3 is 0 Å². The molecule has 0 amide bonds. The number of hydrogen-bond acceptors (Lipinski definition) is 3. The second-order valence-electron chi connectivity index (χ2n) is 6.04. The molecule has 1 atom stereocenters. The van der Waals surface area contributed by atoms with Gasteiger partial charge in [-0.05, 0) is 44.7 Å². The Balaban J connectivity index is 1.60. The van der Waals surface area contributed by atoms with Gasteiger partial charge in [-0.2, -0.15) is 0 Å². The number of benzene rings is 1. The normalized spacial score (nSPS) is 16.6. The molecule has 0 aromatic heterocycles. The van der Waals surface area contributed by atoms with Crippen LogP contribution in [-0.4, -0.2) is 43.4 Å². The van der Waals surface area contributed by atoms with Crippen molar-refractivity contribution in [2.24, 2.45) is 5.92 Å². The fraction of sp³-hybridized carbons (Fsp3) is 0.647. The minimum Gasteiger partial charge on any atom is -0.388 e. The second kappa shape index (κ2) is 7.77. The molecule has 0 radical (unpaired) electrons. The smallest absolute Gasteiger partial charge is 0.0802 e. The van der Waals surface area contributed by atoms with E-state index in [0.717, 1.165) is 44.2 Å². The summed E-state index contributed by atoms with van der Waals surface area (Å²) < 4.78 is 5.63. The summed E-state index contributed by atoms with van der Waals surface area (Å²) in [5.41, 5.74) is 2.21. The van der Waals surface area contributed by atoms with Crippen molar-refractivity contribution in [3.05, 3.63) is 35.4 Å². The average Bonchev–Trinajstić information content (AvgIpc) is 3.25. The minimum absolute atomic E-state index is 0.371. The Kier molecular flexibility index (Phi) is 6.02. The van der Waals surface area contributed by atoms with Crippen molar-refractivity contribution in [2.75, 3.05) is 33.4 Å². The molecule has 2 rings (SSSR count). The third-order valence-corrected chi connectivity index (χ3v) is 3.88. The van der Waals surface area contributed by atoms with Gasteiger partial charge in [0.1, 0.15) is 0 Å². The molecule has 0 saturated heterocycles. The first kappa shape index (κ1) is 15.5. The molecular formula is C17H27NO2. The van der Waals surface area contributed by atoms with Crippen LogP contribution in [0.3, 0.4) is 0 Å². The Bertz CT molecular complexity index is 404. The zero-order valence-corrected chi connectivity index (χ0v) is 12.7. The van der Waals surface area contributed by atoms with E-state index in [2.05, 4.69) is 31.0 Å².